The smallest absolute Gasteiger partial charge is 0.344 e. The molecule has 1 aromatic rings. The summed E-state index contributed by atoms with van der Waals surface area (Å²) in [4.78, 5) is 57.7. The van der Waals surface area contributed by atoms with Gasteiger partial charge in [0.05, 0.1) is 6.61 Å². The third kappa shape index (κ3) is 4.57. The largest absolute Gasteiger partial charge is 0.481 e. The lowest BCUT2D eigenvalue weighted by atomic mass is 9.88. The van der Waals surface area contributed by atoms with E-state index in [9.17, 15) is 24.3 Å². The summed E-state index contributed by atoms with van der Waals surface area (Å²) < 4.78 is 5.03. The first-order valence-corrected chi connectivity index (χ1v) is 10.7. The molecule has 2 unspecified atom stereocenters. The van der Waals surface area contributed by atoms with Gasteiger partial charge in [0.25, 0.3) is 5.91 Å². The number of amides is 2. The van der Waals surface area contributed by atoms with Gasteiger partial charge in [-0.25, -0.2) is 9.78 Å². The van der Waals surface area contributed by atoms with Crippen LogP contribution in [-0.2, 0) is 28.8 Å². The van der Waals surface area contributed by atoms with Crippen molar-refractivity contribution in [2.45, 2.75) is 11.4 Å². The van der Waals surface area contributed by atoms with E-state index in [1.165, 1.54) is 29.2 Å². The van der Waals surface area contributed by atoms with E-state index in [1.807, 2.05) is 0 Å². The van der Waals surface area contributed by atoms with Crippen molar-refractivity contribution >= 4 is 57.7 Å². The Kier molecular flexibility index (Phi) is 6.66. The van der Waals surface area contributed by atoms with Gasteiger partial charge in [-0.1, -0.05) is 5.16 Å². The second-order valence-electron chi connectivity index (χ2n) is 6.82. The number of hydrogen-bond donors (Lipinski definition) is 4. The van der Waals surface area contributed by atoms with Crippen molar-refractivity contribution in [3.63, 3.8) is 0 Å². The average Bonchev–Trinajstić information content (AvgIpc) is 3.14. The Morgan fingerprint density at radius 1 is 1.45 bits per heavy atom. The van der Waals surface area contributed by atoms with E-state index in [1.54, 1.807) is 0 Å². The SMILES string of the molecule is COCC1(C(=O)O)CS[C@@H]2C(NC(=O)C(=NOCC(=O)O)c3csc(N)n3)C(=O)N2C1. The zero-order valence-corrected chi connectivity index (χ0v) is 17.8. The first-order valence-electron chi connectivity index (χ1n) is 8.77. The second-order valence-corrected chi connectivity index (χ2v) is 8.81. The molecule has 0 aliphatic carbocycles. The van der Waals surface area contributed by atoms with Crippen LogP contribution < -0.4 is 11.1 Å². The standard InChI is InChI=1S/C16H19N5O8S2/c1-28-5-16(14(26)27)4-21-12(25)10(13(21)31-6-16)19-11(24)9(20-29-2-8(22)23)7-3-30-15(17)18-7/h3,10,13H,2,4-6H2,1H3,(H2,17,18)(H,19,24)(H,22,23)(H,26,27)/t10?,13-,16?/m1/s1. The molecule has 2 amide bonds. The number of carbonyl (C=O) groups excluding carboxylic acids is 2. The number of carboxylic acids is 2. The minimum absolute atomic E-state index is 0.0374. The summed E-state index contributed by atoms with van der Waals surface area (Å²) in [6, 6.07) is -0.910. The highest BCUT2D eigenvalue weighted by Gasteiger charge is 2.57. The predicted molar refractivity (Wildman–Crippen MR) is 108 cm³/mol. The summed E-state index contributed by atoms with van der Waals surface area (Å²) in [6.07, 6.45) is 0. The lowest BCUT2D eigenvalue weighted by molar-refractivity contribution is -0.161. The summed E-state index contributed by atoms with van der Waals surface area (Å²) in [5.41, 5.74) is 4.09. The molecule has 5 N–H and O–H groups in total. The molecule has 2 saturated heterocycles. The molecular weight excluding hydrogens is 454 g/mol. The Morgan fingerprint density at radius 3 is 2.77 bits per heavy atom. The Labute approximate surface area is 183 Å². The zero-order chi connectivity index (χ0) is 22.8. The number of nitrogen functional groups attached to an aromatic ring is 1. The molecule has 15 heteroatoms. The van der Waals surface area contributed by atoms with E-state index in [4.69, 9.17) is 15.6 Å². The molecule has 0 radical (unpaired) electrons. The lowest BCUT2D eigenvalue weighted by Crippen LogP contribution is -2.74. The molecule has 31 heavy (non-hydrogen) atoms. The maximum Gasteiger partial charge on any atom is 0.344 e. The fraction of sp³-hybridized carbons (Fsp3) is 0.500. The number of rotatable bonds is 9. The lowest BCUT2D eigenvalue weighted by Gasteiger charge is -2.53. The van der Waals surface area contributed by atoms with Crippen molar-refractivity contribution < 1.29 is 39.0 Å². The number of thiazole rings is 1. The molecule has 3 heterocycles. The summed E-state index contributed by atoms with van der Waals surface area (Å²) in [7, 11) is 1.39. The fourth-order valence-corrected chi connectivity index (χ4v) is 5.22. The Balaban J connectivity index is 1.71. The highest BCUT2D eigenvalue weighted by molar-refractivity contribution is 8.00. The Bertz CT molecular complexity index is 937. The number of anilines is 1. The van der Waals surface area contributed by atoms with E-state index >= 15 is 0 Å². The van der Waals surface area contributed by atoms with Gasteiger partial charge in [0.1, 0.15) is 22.5 Å². The number of nitrogens with two attached hydrogens (primary N) is 1. The third-order valence-electron chi connectivity index (χ3n) is 4.63. The molecule has 0 aromatic carbocycles. The van der Waals surface area contributed by atoms with Crippen molar-refractivity contribution in [3.8, 4) is 0 Å². The maximum absolute atomic E-state index is 12.8. The van der Waals surface area contributed by atoms with Gasteiger partial charge in [0.15, 0.2) is 10.8 Å². The Hall–Kier alpha value is -2.91. The topological polar surface area (TPSA) is 194 Å². The van der Waals surface area contributed by atoms with Gasteiger partial charge in [-0.3, -0.25) is 14.4 Å². The van der Waals surface area contributed by atoms with Crippen LogP contribution in [0.4, 0.5) is 5.13 Å². The van der Waals surface area contributed by atoms with Crippen molar-refractivity contribution in [1.82, 2.24) is 15.2 Å². The molecule has 1 aromatic heterocycles. The number of aliphatic carboxylic acids is 2. The van der Waals surface area contributed by atoms with Crippen molar-refractivity contribution in [1.29, 1.82) is 0 Å². The van der Waals surface area contributed by atoms with Crippen LogP contribution in [0.2, 0.25) is 0 Å². The number of ether oxygens (including phenoxy) is 1. The number of nitrogens with zero attached hydrogens (tertiary/aromatic N) is 3. The van der Waals surface area contributed by atoms with E-state index in [0.717, 1.165) is 11.3 Å². The summed E-state index contributed by atoms with van der Waals surface area (Å²) >= 11 is 2.26. The van der Waals surface area contributed by atoms with Gasteiger partial charge in [0.2, 0.25) is 12.5 Å². The summed E-state index contributed by atoms with van der Waals surface area (Å²) in [5.74, 6) is -3.41. The summed E-state index contributed by atoms with van der Waals surface area (Å²) in [5, 5.41) is 25.5. The number of nitrogens with one attached hydrogen (secondary N) is 1. The van der Waals surface area contributed by atoms with Crippen LogP contribution in [0.5, 0.6) is 0 Å². The quantitative estimate of drug-likeness (QED) is 0.188. The highest BCUT2D eigenvalue weighted by atomic mass is 32.2. The monoisotopic (exact) mass is 473 g/mol. The van der Waals surface area contributed by atoms with Crippen LogP contribution in [0.3, 0.4) is 0 Å². The molecule has 0 bridgehead atoms. The van der Waals surface area contributed by atoms with E-state index < -0.39 is 47.2 Å². The molecule has 0 saturated carbocycles. The Morgan fingerprint density at radius 2 is 2.19 bits per heavy atom. The van der Waals surface area contributed by atoms with Crippen LogP contribution >= 0.6 is 23.1 Å². The molecule has 168 valence electrons. The molecule has 3 rings (SSSR count). The molecule has 2 aliphatic rings. The number of methoxy groups -OCH3 is 1. The molecule has 2 fully saturated rings. The number of carbonyl (C=O) groups is 4. The second kappa shape index (κ2) is 9.07. The molecule has 0 spiro atoms. The molecule has 3 atom stereocenters. The number of fused-ring (bicyclic) bond motifs is 1. The van der Waals surface area contributed by atoms with E-state index in [2.05, 4.69) is 20.3 Å². The number of β-lactam (4-membered cyclic amide) rings is 1. The van der Waals surface area contributed by atoms with Crippen LogP contribution in [0.25, 0.3) is 0 Å². The fourth-order valence-electron chi connectivity index (χ4n) is 3.14. The van der Waals surface area contributed by atoms with Crippen molar-refractivity contribution in [2.24, 2.45) is 10.6 Å². The van der Waals surface area contributed by atoms with Gasteiger partial charge in [0, 0.05) is 24.8 Å². The minimum atomic E-state index is -1.29. The van der Waals surface area contributed by atoms with Crippen LogP contribution in [0.15, 0.2) is 10.5 Å². The molecular formula is C16H19N5O8S2. The maximum atomic E-state index is 12.8. The number of carboxylic acid groups (broad SMARTS) is 2. The normalized spacial score (nSPS) is 25.4. The van der Waals surface area contributed by atoms with E-state index in [-0.39, 0.29) is 35.4 Å². The number of hydrogen-bond acceptors (Lipinski definition) is 11. The minimum Gasteiger partial charge on any atom is -0.481 e. The first-order chi connectivity index (χ1) is 14.7. The number of oxime groups is 1. The summed E-state index contributed by atoms with van der Waals surface area (Å²) in [6.45, 7) is -0.863. The highest BCUT2D eigenvalue weighted by Crippen LogP contribution is 2.42. The number of thioether (sulfide) groups is 1. The third-order valence-corrected chi connectivity index (χ3v) is 6.89. The molecule has 2 aliphatic heterocycles. The van der Waals surface area contributed by atoms with Gasteiger partial charge >= 0.3 is 11.9 Å². The number of aromatic nitrogens is 1. The van der Waals surface area contributed by atoms with Crippen LogP contribution in [0, 0.1) is 5.41 Å². The van der Waals surface area contributed by atoms with Crippen LogP contribution in [0.1, 0.15) is 5.69 Å². The van der Waals surface area contributed by atoms with Crippen LogP contribution in [-0.4, -0.2) is 93.6 Å². The zero-order valence-electron chi connectivity index (χ0n) is 16.1. The van der Waals surface area contributed by atoms with Gasteiger partial charge < -0.3 is 35.7 Å². The average molecular weight is 473 g/mol. The van der Waals surface area contributed by atoms with Gasteiger partial charge in [-0.15, -0.1) is 23.1 Å². The predicted octanol–water partition coefficient (Wildman–Crippen LogP) is -1.35. The van der Waals surface area contributed by atoms with Crippen molar-refractivity contribution in [2.75, 3.05) is 38.4 Å². The van der Waals surface area contributed by atoms with Crippen molar-refractivity contribution in [3.05, 3.63) is 11.1 Å². The molecule has 13 nitrogen and oxygen atoms in total. The van der Waals surface area contributed by atoms with Gasteiger partial charge in [-0.05, 0) is 0 Å². The van der Waals surface area contributed by atoms with Gasteiger partial charge in [-0.2, -0.15) is 0 Å². The first kappa shape index (κ1) is 22.8. The van der Waals surface area contributed by atoms with E-state index in [0.29, 0.717) is 0 Å².